The molecule has 0 aromatic carbocycles. The van der Waals surface area contributed by atoms with E-state index in [1.165, 1.54) is 25.4 Å². The minimum absolute atomic E-state index is 0.0789. The van der Waals surface area contributed by atoms with E-state index < -0.39 is 0 Å². The molecule has 0 amide bonds. The van der Waals surface area contributed by atoms with Crippen molar-refractivity contribution < 1.29 is 13.9 Å². The number of thiophene rings is 1. The van der Waals surface area contributed by atoms with Gasteiger partial charge in [0.05, 0.1) is 12.0 Å². The van der Waals surface area contributed by atoms with Gasteiger partial charge in [-0.05, 0) is 11.4 Å². The Balaban J connectivity index is 2.51. The number of Topliss-reactive ketones (excluding diaryl/α,β-unsaturated/α-hetero) is 1. The molecular formula is C10H9NO3S. The average molecular weight is 223 g/mol. The molecule has 0 unspecified atom stereocenters. The molecule has 0 saturated heterocycles. The number of nitrogens with zero attached hydrogens (tertiary/aromatic N) is 1. The summed E-state index contributed by atoms with van der Waals surface area (Å²) >= 11 is 1.52. The molecule has 0 aliphatic rings. The normalized spacial score (nSPS) is 10.3. The van der Waals surface area contributed by atoms with Crippen molar-refractivity contribution >= 4 is 17.1 Å². The van der Waals surface area contributed by atoms with Crippen molar-refractivity contribution in [3.8, 4) is 16.5 Å². The molecule has 2 heterocycles. The zero-order valence-corrected chi connectivity index (χ0v) is 9.13. The third-order valence-electron chi connectivity index (χ3n) is 1.84. The molecule has 15 heavy (non-hydrogen) atoms. The van der Waals surface area contributed by atoms with Crippen LogP contribution in [0.3, 0.4) is 0 Å². The van der Waals surface area contributed by atoms with Crippen LogP contribution in [0, 0.1) is 0 Å². The van der Waals surface area contributed by atoms with Crippen LogP contribution in [-0.4, -0.2) is 17.9 Å². The second-order valence-electron chi connectivity index (χ2n) is 2.89. The fourth-order valence-corrected chi connectivity index (χ4v) is 1.87. The maximum absolute atomic E-state index is 11.1. The Morgan fingerprint density at radius 1 is 1.60 bits per heavy atom. The number of hydrogen-bond acceptors (Lipinski definition) is 5. The van der Waals surface area contributed by atoms with Crippen LogP contribution < -0.4 is 4.74 Å². The maximum atomic E-state index is 11.1. The molecule has 2 rings (SSSR count). The molecule has 0 atom stereocenters. The van der Waals surface area contributed by atoms with Gasteiger partial charge < -0.3 is 9.15 Å². The van der Waals surface area contributed by atoms with Crippen molar-refractivity contribution in [1.29, 1.82) is 0 Å². The number of ketones is 1. The number of hydrogen-bond donors (Lipinski definition) is 0. The van der Waals surface area contributed by atoms with Crippen molar-refractivity contribution in [1.82, 2.24) is 4.98 Å². The van der Waals surface area contributed by atoms with E-state index in [0.29, 0.717) is 5.69 Å². The summed E-state index contributed by atoms with van der Waals surface area (Å²) in [6.07, 6.45) is 0. The Morgan fingerprint density at radius 2 is 2.40 bits per heavy atom. The molecule has 4 nitrogen and oxygen atoms in total. The summed E-state index contributed by atoms with van der Waals surface area (Å²) in [6.45, 7) is 1.41. The van der Waals surface area contributed by atoms with Crippen LogP contribution in [0.5, 0.6) is 5.95 Å². The van der Waals surface area contributed by atoms with E-state index in [-0.39, 0.29) is 17.6 Å². The van der Waals surface area contributed by atoms with Crippen molar-refractivity contribution in [3.63, 3.8) is 0 Å². The Bertz CT molecular complexity index is 473. The molecule has 2 aromatic heterocycles. The third kappa shape index (κ3) is 1.78. The highest BCUT2D eigenvalue weighted by Crippen LogP contribution is 2.33. The summed E-state index contributed by atoms with van der Waals surface area (Å²) in [7, 11) is 1.49. The molecular weight excluding hydrogens is 214 g/mol. The van der Waals surface area contributed by atoms with Crippen LogP contribution >= 0.6 is 11.3 Å². The summed E-state index contributed by atoms with van der Waals surface area (Å²) in [4.78, 5) is 16.1. The molecule has 0 spiro atoms. The van der Waals surface area contributed by atoms with Gasteiger partial charge in [0.15, 0.2) is 5.69 Å². The Kier molecular flexibility index (Phi) is 2.55. The van der Waals surface area contributed by atoms with Gasteiger partial charge in [-0.15, -0.1) is 11.3 Å². The van der Waals surface area contributed by atoms with E-state index in [1.807, 2.05) is 17.5 Å². The fourth-order valence-electron chi connectivity index (χ4n) is 1.16. The summed E-state index contributed by atoms with van der Waals surface area (Å²) in [5.74, 6) is 0.147. The summed E-state index contributed by atoms with van der Waals surface area (Å²) in [6, 6.07) is 3.80. The largest absolute Gasteiger partial charge is 0.467 e. The zero-order chi connectivity index (χ0) is 10.8. The molecule has 0 aliphatic heterocycles. The predicted molar refractivity (Wildman–Crippen MR) is 56.4 cm³/mol. The maximum Gasteiger partial charge on any atom is 0.314 e. The van der Waals surface area contributed by atoms with Crippen LogP contribution in [0.15, 0.2) is 21.9 Å². The number of aromatic nitrogens is 1. The fraction of sp³-hybridized carbons (Fsp3) is 0.200. The van der Waals surface area contributed by atoms with Gasteiger partial charge in [0.1, 0.15) is 0 Å². The van der Waals surface area contributed by atoms with Gasteiger partial charge in [-0.1, -0.05) is 6.07 Å². The number of carbonyl (C=O) groups is 1. The third-order valence-corrected chi connectivity index (χ3v) is 2.71. The molecule has 0 bridgehead atoms. The number of carbonyl (C=O) groups excluding carboxylic acids is 1. The quantitative estimate of drug-likeness (QED) is 0.750. The first kappa shape index (κ1) is 9.92. The summed E-state index contributed by atoms with van der Waals surface area (Å²) in [5.41, 5.74) is 0.581. The molecule has 78 valence electrons. The van der Waals surface area contributed by atoms with Gasteiger partial charge in [-0.2, -0.15) is 0 Å². The van der Waals surface area contributed by atoms with Crippen molar-refractivity contribution in [2.75, 3.05) is 7.11 Å². The molecule has 0 saturated carbocycles. The highest BCUT2D eigenvalue weighted by atomic mass is 32.1. The van der Waals surface area contributed by atoms with E-state index in [4.69, 9.17) is 9.15 Å². The Hall–Kier alpha value is -1.62. The molecule has 0 fully saturated rings. The van der Waals surface area contributed by atoms with Crippen molar-refractivity contribution in [3.05, 3.63) is 23.4 Å². The van der Waals surface area contributed by atoms with Gasteiger partial charge in [0.25, 0.3) is 5.89 Å². The van der Waals surface area contributed by atoms with Gasteiger partial charge in [-0.25, -0.2) is 4.98 Å². The Labute approximate surface area is 90.5 Å². The van der Waals surface area contributed by atoms with E-state index in [0.717, 1.165) is 4.88 Å². The first-order valence-electron chi connectivity index (χ1n) is 4.32. The van der Waals surface area contributed by atoms with Crippen molar-refractivity contribution in [2.45, 2.75) is 6.92 Å². The van der Waals surface area contributed by atoms with Crippen molar-refractivity contribution in [2.24, 2.45) is 0 Å². The number of methoxy groups -OCH3 is 1. The van der Waals surface area contributed by atoms with Crippen LogP contribution in [0.4, 0.5) is 0 Å². The molecule has 5 heteroatoms. The monoisotopic (exact) mass is 223 g/mol. The van der Waals surface area contributed by atoms with Gasteiger partial charge in [-0.3, -0.25) is 4.79 Å². The first-order chi connectivity index (χ1) is 7.22. The Morgan fingerprint density at radius 3 is 2.93 bits per heavy atom. The molecule has 2 aromatic rings. The van der Waals surface area contributed by atoms with Crippen LogP contribution in [0.2, 0.25) is 0 Å². The smallest absolute Gasteiger partial charge is 0.314 e. The summed E-state index contributed by atoms with van der Waals surface area (Å²) in [5, 5.41) is 1.93. The second kappa shape index (κ2) is 3.86. The van der Waals surface area contributed by atoms with Gasteiger partial charge in [0, 0.05) is 6.92 Å². The van der Waals surface area contributed by atoms with E-state index >= 15 is 0 Å². The molecule has 0 aliphatic carbocycles. The second-order valence-corrected chi connectivity index (χ2v) is 3.84. The van der Waals surface area contributed by atoms with Crippen LogP contribution in [0.25, 0.3) is 10.6 Å². The van der Waals surface area contributed by atoms with E-state index in [2.05, 4.69) is 4.98 Å². The van der Waals surface area contributed by atoms with Crippen LogP contribution in [0.1, 0.15) is 17.6 Å². The lowest BCUT2D eigenvalue weighted by Gasteiger charge is -1.94. The standard InChI is InChI=1S/C10H9NO3S/c1-6(12)9-11-8(10(13-2)14-9)7-4-3-5-15-7/h3-5H,1-2H3. The number of oxazole rings is 1. The van der Waals surface area contributed by atoms with Gasteiger partial charge >= 0.3 is 5.95 Å². The number of rotatable bonds is 3. The van der Waals surface area contributed by atoms with Gasteiger partial charge in [0.2, 0.25) is 5.78 Å². The average Bonchev–Trinajstić information content (AvgIpc) is 2.86. The predicted octanol–water partition coefficient (Wildman–Crippen LogP) is 2.61. The van der Waals surface area contributed by atoms with E-state index in [1.54, 1.807) is 0 Å². The van der Waals surface area contributed by atoms with Crippen LogP contribution in [-0.2, 0) is 0 Å². The minimum atomic E-state index is -0.212. The summed E-state index contributed by atoms with van der Waals surface area (Å²) < 4.78 is 10.2. The highest BCUT2D eigenvalue weighted by Gasteiger charge is 2.18. The topological polar surface area (TPSA) is 52.3 Å². The highest BCUT2D eigenvalue weighted by molar-refractivity contribution is 7.13. The minimum Gasteiger partial charge on any atom is -0.467 e. The lowest BCUT2D eigenvalue weighted by Crippen LogP contribution is -1.90. The lowest BCUT2D eigenvalue weighted by molar-refractivity contribution is 0.0974. The SMILES string of the molecule is COc1oc(C(C)=O)nc1-c1cccs1. The number of ether oxygens (including phenoxy) is 1. The first-order valence-corrected chi connectivity index (χ1v) is 5.20. The zero-order valence-electron chi connectivity index (χ0n) is 8.31. The molecule has 0 N–H and O–H groups in total. The lowest BCUT2D eigenvalue weighted by atomic mass is 10.3. The molecule has 0 radical (unpaired) electrons. The van der Waals surface area contributed by atoms with E-state index in [9.17, 15) is 4.79 Å².